The number of phenolic OH excluding ortho intramolecular Hbond substituents is 1. The fraction of sp³-hybridized carbons (Fsp3) is 0.250. The van der Waals surface area contributed by atoms with Gasteiger partial charge in [-0.2, -0.15) is 5.10 Å². The molecule has 2 aromatic carbocycles. The molecule has 4 N–H and O–H groups in total. The number of nitrogens with one attached hydrogen (secondary N) is 3. The van der Waals surface area contributed by atoms with Crippen LogP contribution in [0.2, 0.25) is 0 Å². The minimum Gasteiger partial charge on any atom is -0.507 e. The van der Waals surface area contributed by atoms with Crippen molar-refractivity contribution in [1.29, 1.82) is 0 Å². The lowest BCUT2D eigenvalue weighted by Gasteiger charge is -2.28. The van der Waals surface area contributed by atoms with Crippen molar-refractivity contribution >= 4 is 24.1 Å². The molecular formula is C24H26N4O7. The number of rotatable bonds is 9. The summed E-state index contributed by atoms with van der Waals surface area (Å²) in [5, 5.41) is 18.8. The Morgan fingerprint density at radius 3 is 2.69 bits per heavy atom. The van der Waals surface area contributed by atoms with Gasteiger partial charge in [-0.15, -0.1) is 0 Å². The average Bonchev–Trinajstić information content (AvgIpc) is 2.83. The van der Waals surface area contributed by atoms with Gasteiger partial charge in [0, 0.05) is 11.3 Å². The second kappa shape index (κ2) is 11.5. The molecule has 1 heterocycles. The third-order valence-electron chi connectivity index (χ3n) is 4.97. The lowest BCUT2D eigenvalue weighted by atomic mass is 9.95. The summed E-state index contributed by atoms with van der Waals surface area (Å²) in [4.78, 5) is 36.6. The smallest absolute Gasteiger partial charge is 0.338 e. The quantitative estimate of drug-likeness (QED) is 0.243. The number of methoxy groups -OCH3 is 1. The Hall–Kier alpha value is -4.54. The number of nitrogens with zero attached hydrogens (tertiary/aromatic N) is 1. The van der Waals surface area contributed by atoms with Crippen LogP contribution in [0, 0.1) is 0 Å². The number of phenols is 1. The Morgan fingerprint density at radius 1 is 1.20 bits per heavy atom. The number of carbonyl (C=O) groups is 3. The number of urea groups is 1. The molecular weight excluding hydrogens is 456 g/mol. The highest BCUT2D eigenvalue weighted by molar-refractivity contribution is 5.95. The molecule has 184 valence electrons. The molecule has 0 radical (unpaired) electrons. The molecule has 0 unspecified atom stereocenters. The number of amides is 3. The van der Waals surface area contributed by atoms with Crippen molar-refractivity contribution in [3.63, 3.8) is 0 Å². The fourth-order valence-electron chi connectivity index (χ4n) is 3.35. The summed E-state index contributed by atoms with van der Waals surface area (Å²) >= 11 is 0. The van der Waals surface area contributed by atoms with Crippen LogP contribution < -0.4 is 25.5 Å². The van der Waals surface area contributed by atoms with E-state index in [-0.39, 0.29) is 30.3 Å². The van der Waals surface area contributed by atoms with Crippen molar-refractivity contribution in [3.05, 3.63) is 64.9 Å². The number of benzene rings is 2. The highest BCUT2D eigenvalue weighted by atomic mass is 16.5. The van der Waals surface area contributed by atoms with Gasteiger partial charge in [-0.25, -0.2) is 15.0 Å². The normalized spacial score (nSPS) is 15.3. The second-order valence-corrected chi connectivity index (χ2v) is 7.34. The minimum absolute atomic E-state index is 0.0349. The Morgan fingerprint density at radius 2 is 1.97 bits per heavy atom. The van der Waals surface area contributed by atoms with Gasteiger partial charge in [0.25, 0.3) is 5.91 Å². The molecule has 3 rings (SSSR count). The first-order valence-corrected chi connectivity index (χ1v) is 10.7. The van der Waals surface area contributed by atoms with Gasteiger partial charge in [-0.3, -0.25) is 4.79 Å². The molecule has 35 heavy (non-hydrogen) atoms. The van der Waals surface area contributed by atoms with Crippen LogP contribution in [-0.2, 0) is 14.3 Å². The van der Waals surface area contributed by atoms with E-state index in [9.17, 15) is 19.5 Å². The zero-order valence-corrected chi connectivity index (χ0v) is 19.5. The van der Waals surface area contributed by atoms with E-state index in [2.05, 4.69) is 21.2 Å². The van der Waals surface area contributed by atoms with E-state index in [0.29, 0.717) is 22.6 Å². The molecule has 0 bridgehead atoms. The Labute approximate surface area is 201 Å². The van der Waals surface area contributed by atoms with Crippen molar-refractivity contribution in [1.82, 2.24) is 16.1 Å². The summed E-state index contributed by atoms with van der Waals surface area (Å²) < 4.78 is 16.1. The van der Waals surface area contributed by atoms with E-state index in [0.717, 1.165) is 0 Å². The average molecular weight is 482 g/mol. The summed E-state index contributed by atoms with van der Waals surface area (Å²) in [5.41, 5.74) is 3.97. The van der Waals surface area contributed by atoms with Crippen LogP contribution in [0.1, 0.15) is 31.0 Å². The molecule has 0 aliphatic carbocycles. The molecule has 0 aromatic heterocycles. The SMILES string of the molecule is CCOC(=O)C1=C(C)NC(=O)N[C@@H]1c1ccc(OCC(=O)N/N=C\c2ccccc2O)c(OC)c1. The fourth-order valence-corrected chi connectivity index (χ4v) is 3.35. The van der Waals surface area contributed by atoms with Gasteiger partial charge < -0.3 is 30.0 Å². The van der Waals surface area contributed by atoms with Crippen LogP contribution in [0.5, 0.6) is 17.2 Å². The molecule has 11 nitrogen and oxygen atoms in total. The summed E-state index contributed by atoms with van der Waals surface area (Å²) in [7, 11) is 1.43. The van der Waals surface area contributed by atoms with Gasteiger partial charge in [0.15, 0.2) is 18.1 Å². The summed E-state index contributed by atoms with van der Waals surface area (Å²) in [6.07, 6.45) is 1.31. The first-order valence-electron chi connectivity index (χ1n) is 10.7. The lowest BCUT2D eigenvalue weighted by molar-refractivity contribution is -0.139. The van der Waals surface area contributed by atoms with Crippen LogP contribution in [-0.4, -0.2) is 49.6 Å². The number of esters is 1. The van der Waals surface area contributed by atoms with Crippen LogP contribution in [0.4, 0.5) is 4.79 Å². The third kappa shape index (κ3) is 6.28. The maximum absolute atomic E-state index is 12.5. The Kier molecular flexibility index (Phi) is 8.28. The highest BCUT2D eigenvalue weighted by Crippen LogP contribution is 2.34. The maximum Gasteiger partial charge on any atom is 0.338 e. The van der Waals surface area contributed by atoms with Crippen molar-refractivity contribution in [2.24, 2.45) is 5.10 Å². The number of para-hydroxylation sites is 1. The molecule has 0 fully saturated rings. The van der Waals surface area contributed by atoms with Crippen molar-refractivity contribution in [2.45, 2.75) is 19.9 Å². The molecule has 0 spiro atoms. The van der Waals surface area contributed by atoms with Gasteiger partial charge in [0.1, 0.15) is 5.75 Å². The number of aromatic hydroxyl groups is 1. The van der Waals surface area contributed by atoms with Crippen molar-refractivity contribution in [2.75, 3.05) is 20.3 Å². The summed E-state index contributed by atoms with van der Waals surface area (Å²) in [5.74, 6) is -0.483. The predicted molar refractivity (Wildman–Crippen MR) is 126 cm³/mol. The van der Waals surface area contributed by atoms with Gasteiger partial charge in [0.05, 0.1) is 31.5 Å². The van der Waals surface area contributed by atoms with Gasteiger partial charge >= 0.3 is 12.0 Å². The zero-order chi connectivity index (χ0) is 25.4. The summed E-state index contributed by atoms with van der Waals surface area (Å²) in [6.45, 7) is 3.14. The van der Waals surface area contributed by atoms with E-state index in [1.807, 2.05) is 0 Å². The molecule has 11 heteroatoms. The molecule has 0 saturated heterocycles. The molecule has 3 amide bonds. The largest absolute Gasteiger partial charge is 0.507 e. The first kappa shape index (κ1) is 25.1. The van der Waals surface area contributed by atoms with Gasteiger partial charge in [-0.05, 0) is 43.7 Å². The number of hydrazone groups is 1. The van der Waals surface area contributed by atoms with E-state index < -0.39 is 23.9 Å². The third-order valence-corrected chi connectivity index (χ3v) is 4.97. The number of hydrogen-bond acceptors (Lipinski definition) is 8. The number of hydrogen-bond donors (Lipinski definition) is 4. The van der Waals surface area contributed by atoms with Crippen LogP contribution >= 0.6 is 0 Å². The molecule has 0 saturated carbocycles. The topological polar surface area (TPSA) is 148 Å². The zero-order valence-electron chi connectivity index (χ0n) is 19.5. The second-order valence-electron chi connectivity index (χ2n) is 7.34. The number of carbonyl (C=O) groups excluding carboxylic acids is 3. The number of ether oxygens (including phenoxy) is 3. The lowest BCUT2D eigenvalue weighted by Crippen LogP contribution is -2.45. The standard InChI is InChI=1S/C24H26N4O7/c1-4-34-23(31)21-14(2)26-24(32)27-22(21)15-9-10-18(19(11-15)33-3)35-13-20(30)28-25-12-16-7-5-6-8-17(16)29/h5-12,22,29H,4,13H2,1-3H3,(H,28,30)(H2,26,27,32)/b25-12-/t22-/m1/s1. The number of allylic oxidation sites excluding steroid dienone is 1. The molecule has 2 aromatic rings. The molecule has 1 atom stereocenters. The van der Waals surface area contributed by atoms with Crippen molar-refractivity contribution < 1.29 is 33.7 Å². The van der Waals surface area contributed by atoms with Gasteiger partial charge in [-0.1, -0.05) is 18.2 Å². The van der Waals surface area contributed by atoms with E-state index >= 15 is 0 Å². The van der Waals surface area contributed by atoms with Crippen LogP contribution in [0.25, 0.3) is 0 Å². The molecule has 1 aliphatic heterocycles. The van der Waals surface area contributed by atoms with Crippen molar-refractivity contribution in [3.8, 4) is 17.2 Å². The Bertz CT molecular complexity index is 1180. The maximum atomic E-state index is 12.5. The predicted octanol–water partition coefficient (Wildman–Crippen LogP) is 2.12. The first-order chi connectivity index (χ1) is 16.8. The monoisotopic (exact) mass is 482 g/mol. The van der Waals surface area contributed by atoms with E-state index in [1.54, 1.807) is 50.2 Å². The van der Waals surface area contributed by atoms with Crippen LogP contribution in [0.3, 0.4) is 0 Å². The summed E-state index contributed by atoms with van der Waals surface area (Å²) in [6, 6.07) is 10.1. The minimum atomic E-state index is -0.766. The molecule has 1 aliphatic rings. The van der Waals surface area contributed by atoms with Crippen LogP contribution in [0.15, 0.2) is 58.8 Å². The van der Waals surface area contributed by atoms with E-state index in [4.69, 9.17) is 14.2 Å². The van der Waals surface area contributed by atoms with E-state index in [1.165, 1.54) is 19.4 Å². The Balaban J connectivity index is 1.70. The van der Waals surface area contributed by atoms with Gasteiger partial charge in [0.2, 0.25) is 0 Å². The highest BCUT2D eigenvalue weighted by Gasteiger charge is 2.32.